The van der Waals surface area contributed by atoms with Crippen molar-refractivity contribution in [3.63, 3.8) is 0 Å². The number of anilines is 1. The van der Waals surface area contributed by atoms with Crippen LogP contribution in [0.1, 0.15) is 35.3 Å². The van der Waals surface area contributed by atoms with Crippen molar-refractivity contribution in [3.05, 3.63) is 46.4 Å². The second-order valence-electron chi connectivity index (χ2n) is 4.68. The molecule has 19 heavy (non-hydrogen) atoms. The smallest absolute Gasteiger partial charge is 0.270 e. The fraction of sp³-hybridized carbons (Fsp3) is 0.286. The number of pyridine rings is 1. The molecule has 1 atom stereocenters. The van der Waals surface area contributed by atoms with Crippen molar-refractivity contribution in [2.45, 2.75) is 19.9 Å². The number of aromatic nitrogens is 1. The number of amides is 1. The second kappa shape index (κ2) is 5.84. The lowest BCUT2D eigenvalue weighted by Gasteiger charge is -2.21. The molecule has 0 aliphatic heterocycles. The minimum absolute atomic E-state index is 0.00395. The van der Waals surface area contributed by atoms with E-state index >= 15 is 0 Å². The van der Waals surface area contributed by atoms with Crippen LogP contribution >= 0.6 is 11.3 Å². The zero-order valence-corrected chi connectivity index (χ0v) is 11.8. The zero-order valence-electron chi connectivity index (χ0n) is 11.0. The maximum absolute atomic E-state index is 12.2. The monoisotopic (exact) mass is 275 g/mol. The summed E-state index contributed by atoms with van der Waals surface area (Å²) in [5.41, 5.74) is 6.55. The van der Waals surface area contributed by atoms with Gasteiger partial charge in [0.1, 0.15) is 5.69 Å². The van der Waals surface area contributed by atoms with Gasteiger partial charge in [-0.2, -0.15) is 0 Å². The molecule has 100 valence electrons. The number of nitrogens with one attached hydrogen (secondary N) is 1. The van der Waals surface area contributed by atoms with Gasteiger partial charge >= 0.3 is 0 Å². The van der Waals surface area contributed by atoms with Crippen LogP contribution in [0.15, 0.2) is 35.8 Å². The molecule has 0 aromatic carbocycles. The van der Waals surface area contributed by atoms with Crippen molar-refractivity contribution in [2.24, 2.45) is 5.92 Å². The lowest BCUT2D eigenvalue weighted by molar-refractivity contribution is 0.0921. The standard InChI is InChI=1S/C14H17N3OS/c1-9(2)13(12-4-3-7-19-12)17-14(18)11-8-10(15)5-6-16-11/h3-9,13H,1-2H3,(H2,15,16)(H,17,18). The molecule has 0 spiro atoms. The first-order valence-electron chi connectivity index (χ1n) is 6.13. The Labute approximate surface area is 116 Å². The fourth-order valence-electron chi connectivity index (χ4n) is 1.82. The molecule has 0 saturated carbocycles. The lowest BCUT2D eigenvalue weighted by atomic mass is 10.0. The molecule has 2 aromatic rings. The molecule has 0 aliphatic carbocycles. The minimum Gasteiger partial charge on any atom is -0.399 e. The van der Waals surface area contributed by atoms with Crippen LogP contribution in [0.25, 0.3) is 0 Å². The predicted molar refractivity (Wildman–Crippen MR) is 78.0 cm³/mol. The number of nitrogen functional groups attached to an aromatic ring is 1. The molecule has 1 unspecified atom stereocenters. The Morgan fingerprint density at radius 1 is 1.42 bits per heavy atom. The predicted octanol–water partition coefficient (Wildman–Crippen LogP) is 2.85. The normalized spacial score (nSPS) is 12.4. The summed E-state index contributed by atoms with van der Waals surface area (Å²) in [6.07, 6.45) is 1.54. The van der Waals surface area contributed by atoms with Gasteiger partial charge < -0.3 is 11.1 Å². The van der Waals surface area contributed by atoms with Gasteiger partial charge in [0.2, 0.25) is 0 Å². The van der Waals surface area contributed by atoms with E-state index in [1.165, 1.54) is 0 Å². The van der Waals surface area contributed by atoms with Crippen molar-refractivity contribution >= 4 is 22.9 Å². The molecule has 0 saturated heterocycles. The Bertz CT molecular complexity index is 552. The molecule has 0 aliphatic rings. The Hall–Kier alpha value is -1.88. The van der Waals surface area contributed by atoms with Crippen LogP contribution in [0.2, 0.25) is 0 Å². The van der Waals surface area contributed by atoms with Crippen molar-refractivity contribution < 1.29 is 4.79 Å². The summed E-state index contributed by atoms with van der Waals surface area (Å²) >= 11 is 1.64. The van der Waals surface area contributed by atoms with Crippen LogP contribution < -0.4 is 11.1 Å². The van der Waals surface area contributed by atoms with E-state index in [1.807, 2.05) is 17.5 Å². The summed E-state index contributed by atoms with van der Waals surface area (Å²) < 4.78 is 0. The molecule has 2 aromatic heterocycles. The van der Waals surface area contributed by atoms with Gasteiger partial charge in [-0.05, 0) is 29.5 Å². The second-order valence-corrected chi connectivity index (χ2v) is 5.66. The highest BCUT2D eigenvalue weighted by Crippen LogP contribution is 2.26. The van der Waals surface area contributed by atoms with Crippen molar-refractivity contribution in [3.8, 4) is 0 Å². The van der Waals surface area contributed by atoms with Gasteiger partial charge in [-0.3, -0.25) is 9.78 Å². The van der Waals surface area contributed by atoms with Gasteiger partial charge in [-0.15, -0.1) is 11.3 Å². The van der Waals surface area contributed by atoms with Crippen LogP contribution in [-0.4, -0.2) is 10.9 Å². The quantitative estimate of drug-likeness (QED) is 0.901. The van der Waals surface area contributed by atoms with Crippen molar-refractivity contribution in [1.29, 1.82) is 0 Å². The molecule has 0 bridgehead atoms. The molecule has 0 fully saturated rings. The first-order valence-corrected chi connectivity index (χ1v) is 7.01. The maximum Gasteiger partial charge on any atom is 0.270 e. The summed E-state index contributed by atoms with van der Waals surface area (Å²) in [6.45, 7) is 4.16. The van der Waals surface area contributed by atoms with E-state index in [9.17, 15) is 4.79 Å². The SMILES string of the molecule is CC(C)C(NC(=O)c1cc(N)ccn1)c1cccs1. The summed E-state index contributed by atoms with van der Waals surface area (Å²) in [7, 11) is 0. The van der Waals surface area contributed by atoms with Gasteiger partial charge in [-0.1, -0.05) is 19.9 Å². The highest BCUT2D eigenvalue weighted by atomic mass is 32.1. The van der Waals surface area contributed by atoms with Crippen LogP contribution in [0.3, 0.4) is 0 Å². The van der Waals surface area contributed by atoms with Gasteiger partial charge in [0.05, 0.1) is 6.04 Å². The van der Waals surface area contributed by atoms with Crippen LogP contribution in [0, 0.1) is 5.92 Å². The number of nitrogens with zero attached hydrogens (tertiary/aromatic N) is 1. The maximum atomic E-state index is 12.2. The van der Waals surface area contributed by atoms with Gasteiger partial charge in [0.25, 0.3) is 5.91 Å². The summed E-state index contributed by atoms with van der Waals surface area (Å²) in [6, 6.07) is 7.26. The van der Waals surface area contributed by atoms with Crippen LogP contribution in [-0.2, 0) is 0 Å². The van der Waals surface area contributed by atoms with Gasteiger partial charge in [0.15, 0.2) is 0 Å². The van der Waals surface area contributed by atoms with Crippen LogP contribution in [0.4, 0.5) is 5.69 Å². The molecule has 0 radical (unpaired) electrons. The molecule has 3 N–H and O–H groups in total. The number of hydrogen-bond acceptors (Lipinski definition) is 4. The Balaban J connectivity index is 2.16. The molecule has 1 amide bonds. The van der Waals surface area contributed by atoms with E-state index in [-0.39, 0.29) is 11.9 Å². The van der Waals surface area contributed by atoms with E-state index in [0.717, 1.165) is 4.88 Å². The fourth-order valence-corrected chi connectivity index (χ4v) is 2.77. The van der Waals surface area contributed by atoms with Gasteiger partial charge in [0, 0.05) is 16.8 Å². The number of thiophene rings is 1. The third-order valence-corrected chi connectivity index (χ3v) is 3.78. The van der Waals surface area contributed by atoms with E-state index in [1.54, 1.807) is 29.7 Å². The Morgan fingerprint density at radius 2 is 2.21 bits per heavy atom. The highest BCUT2D eigenvalue weighted by molar-refractivity contribution is 7.10. The highest BCUT2D eigenvalue weighted by Gasteiger charge is 2.20. The number of rotatable bonds is 4. The molecule has 4 nitrogen and oxygen atoms in total. The number of hydrogen-bond donors (Lipinski definition) is 2. The third kappa shape index (κ3) is 3.32. The Kier molecular flexibility index (Phi) is 4.16. The van der Waals surface area contributed by atoms with Gasteiger partial charge in [-0.25, -0.2) is 0 Å². The Morgan fingerprint density at radius 3 is 2.79 bits per heavy atom. The molecular formula is C14H17N3OS. The van der Waals surface area contributed by atoms with Crippen molar-refractivity contribution in [2.75, 3.05) is 5.73 Å². The van der Waals surface area contributed by atoms with E-state index in [0.29, 0.717) is 17.3 Å². The summed E-state index contributed by atoms with van der Waals surface area (Å²) in [4.78, 5) is 17.4. The van der Waals surface area contributed by atoms with Crippen molar-refractivity contribution in [1.82, 2.24) is 10.3 Å². The molecule has 5 heteroatoms. The van der Waals surface area contributed by atoms with E-state index < -0.39 is 0 Å². The summed E-state index contributed by atoms with van der Waals surface area (Å²) in [5, 5.41) is 5.03. The van der Waals surface area contributed by atoms with Crippen LogP contribution in [0.5, 0.6) is 0 Å². The number of carbonyl (C=O) groups excluding carboxylic acids is 1. The average Bonchev–Trinajstić information content (AvgIpc) is 2.88. The topological polar surface area (TPSA) is 68.0 Å². The molecular weight excluding hydrogens is 258 g/mol. The first kappa shape index (κ1) is 13.5. The van der Waals surface area contributed by atoms with E-state index in [2.05, 4.69) is 24.1 Å². The molecule has 2 heterocycles. The third-order valence-electron chi connectivity index (χ3n) is 2.82. The number of nitrogens with two attached hydrogens (primary N) is 1. The summed E-state index contributed by atoms with van der Waals surface area (Å²) in [5.74, 6) is 0.114. The lowest BCUT2D eigenvalue weighted by Crippen LogP contribution is -2.31. The average molecular weight is 275 g/mol. The number of carbonyl (C=O) groups is 1. The molecule has 2 rings (SSSR count). The minimum atomic E-state index is -0.195. The first-order chi connectivity index (χ1) is 9.08. The van der Waals surface area contributed by atoms with E-state index in [4.69, 9.17) is 5.73 Å². The largest absolute Gasteiger partial charge is 0.399 e. The zero-order chi connectivity index (χ0) is 13.8.